The lowest BCUT2D eigenvalue weighted by Gasteiger charge is -2.07. The molecule has 0 spiro atoms. The Labute approximate surface area is 71.2 Å². The van der Waals surface area contributed by atoms with Crippen LogP contribution in [0.1, 0.15) is 13.8 Å². The second kappa shape index (κ2) is 3.14. The van der Waals surface area contributed by atoms with Crippen LogP contribution in [0.15, 0.2) is 12.3 Å². The zero-order valence-corrected chi connectivity index (χ0v) is 7.72. The minimum atomic E-state index is -3.24. The lowest BCUT2D eigenvalue weighted by Crippen LogP contribution is -2.22. The molecule has 0 aliphatic carbocycles. The van der Waals surface area contributed by atoms with Gasteiger partial charge in [0.05, 0.1) is 11.4 Å². The van der Waals surface area contributed by atoms with Gasteiger partial charge in [-0.2, -0.15) is 5.10 Å². The predicted octanol–water partition coefficient (Wildman–Crippen LogP) is 0.560. The Morgan fingerprint density at radius 3 is 2.67 bits per heavy atom. The molecule has 1 aromatic rings. The monoisotopic (exact) mass is 189 g/mol. The van der Waals surface area contributed by atoms with Crippen LogP contribution >= 0.6 is 0 Å². The number of nitrogens with one attached hydrogen (secondary N) is 2. The van der Waals surface area contributed by atoms with Crippen molar-refractivity contribution in [2.75, 3.05) is 4.72 Å². The summed E-state index contributed by atoms with van der Waals surface area (Å²) >= 11 is 0. The number of aromatic amines is 1. The van der Waals surface area contributed by atoms with E-state index in [-0.39, 0.29) is 0 Å². The number of H-pyrrole nitrogens is 1. The van der Waals surface area contributed by atoms with Crippen molar-refractivity contribution in [3.05, 3.63) is 12.3 Å². The number of aromatic nitrogens is 2. The van der Waals surface area contributed by atoms with E-state index in [0.717, 1.165) is 0 Å². The van der Waals surface area contributed by atoms with Gasteiger partial charge in [0.25, 0.3) is 0 Å². The molecule has 1 aromatic heterocycles. The topological polar surface area (TPSA) is 74.8 Å². The summed E-state index contributed by atoms with van der Waals surface area (Å²) in [7, 11) is -3.24. The van der Waals surface area contributed by atoms with Crippen LogP contribution in [0.5, 0.6) is 0 Å². The van der Waals surface area contributed by atoms with Gasteiger partial charge in [0.1, 0.15) is 5.82 Å². The van der Waals surface area contributed by atoms with E-state index in [1.54, 1.807) is 19.9 Å². The van der Waals surface area contributed by atoms with Crippen molar-refractivity contribution in [1.82, 2.24) is 10.2 Å². The molecule has 0 amide bonds. The molecule has 5 nitrogen and oxygen atoms in total. The number of nitrogens with zero attached hydrogens (tertiary/aromatic N) is 1. The van der Waals surface area contributed by atoms with E-state index in [1.165, 1.54) is 6.20 Å². The Kier molecular flexibility index (Phi) is 2.37. The number of hydrogen-bond acceptors (Lipinski definition) is 3. The molecule has 0 saturated carbocycles. The van der Waals surface area contributed by atoms with E-state index < -0.39 is 15.3 Å². The van der Waals surface area contributed by atoms with Crippen molar-refractivity contribution in [2.45, 2.75) is 19.1 Å². The third-order valence-electron chi connectivity index (χ3n) is 1.37. The van der Waals surface area contributed by atoms with Gasteiger partial charge in [0, 0.05) is 6.07 Å². The predicted molar refractivity (Wildman–Crippen MR) is 46.3 cm³/mol. The van der Waals surface area contributed by atoms with Crippen molar-refractivity contribution in [2.24, 2.45) is 0 Å². The molecule has 0 radical (unpaired) electrons. The number of anilines is 1. The quantitative estimate of drug-likeness (QED) is 0.729. The highest BCUT2D eigenvalue weighted by atomic mass is 32.2. The molecule has 0 saturated heterocycles. The zero-order chi connectivity index (χ0) is 9.19. The standard InChI is InChI=1S/C6H11N3O2S/c1-5(2)12(10,11)9-6-3-4-7-8-6/h3-5H,1-2H3,(H2,7,8,9). The molecule has 0 aliphatic rings. The zero-order valence-electron chi connectivity index (χ0n) is 6.90. The molecule has 0 atom stereocenters. The molecule has 2 N–H and O–H groups in total. The first kappa shape index (κ1) is 9.05. The van der Waals surface area contributed by atoms with Gasteiger partial charge in [0.15, 0.2) is 0 Å². The molecule has 1 heterocycles. The summed E-state index contributed by atoms with van der Waals surface area (Å²) in [4.78, 5) is 0. The Bertz CT molecular complexity index is 328. The van der Waals surface area contributed by atoms with Gasteiger partial charge in [-0.1, -0.05) is 0 Å². The van der Waals surface area contributed by atoms with Gasteiger partial charge in [0.2, 0.25) is 10.0 Å². The fourth-order valence-corrected chi connectivity index (χ4v) is 1.24. The van der Waals surface area contributed by atoms with Crippen LogP contribution in [0.3, 0.4) is 0 Å². The molecule has 0 aliphatic heterocycles. The SMILES string of the molecule is CC(C)S(=O)(=O)Nc1ccn[nH]1. The van der Waals surface area contributed by atoms with Gasteiger partial charge in [-0.25, -0.2) is 8.42 Å². The minimum Gasteiger partial charge on any atom is -0.268 e. The summed E-state index contributed by atoms with van der Waals surface area (Å²) in [6, 6.07) is 1.56. The van der Waals surface area contributed by atoms with Crippen molar-refractivity contribution in [3.63, 3.8) is 0 Å². The van der Waals surface area contributed by atoms with Crippen molar-refractivity contribution >= 4 is 15.8 Å². The van der Waals surface area contributed by atoms with E-state index in [4.69, 9.17) is 0 Å². The third-order valence-corrected chi connectivity index (χ3v) is 3.12. The minimum absolute atomic E-state index is 0.392. The van der Waals surface area contributed by atoms with Gasteiger partial charge in [-0.05, 0) is 13.8 Å². The second-order valence-electron chi connectivity index (χ2n) is 2.67. The van der Waals surface area contributed by atoms with Gasteiger partial charge in [-0.3, -0.25) is 9.82 Å². The third kappa shape index (κ3) is 1.97. The molecule has 1 rings (SSSR count). The number of rotatable bonds is 3. The molecular formula is C6H11N3O2S. The average Bonchev–Trinajstić information content (AvgIpc) is 2.38. The van der Waals surface area contributed by atoms with Gasteiger partial charge < -0.3 is 0 Å². The average molecular weight is 189 g/mol. The molecular weight excluding hydrogens is 178 g/mol. The van der Waals surface area contributed by atoms with Crippen LogP contribution in [-0.4, -0.2) is 23.9 Å². The number of hydrogen-bond donors (Lipinski definition) is 2. The Morgan fingerprint density at radius 1 is 1.58 bits per heavy atom. The highest BCUT2D eigenvalue weighted by Crippen LogP contribution is 2.06. The van der Waals surface area contributed by atoms with Gasteiger partial charge >= 0.3 is 0 Å². The van der Waals surface area contributed by atoms with Crippen LogP contribution in [-0.2, 0) is 10.0 Å². The van der Waals surface area contributed by atoms with Crippen LogP contribution in [0.2, 0.25) is 0 Å². The number of sulfonamides is 1. The van der Waals surface area contributed by atoms with Gasteiger partial charge in [-0.15, -0.1) is 0 Å². The van der Waals surface area contributed by atoms with Crippen LogP contribution in [0.25, 0.3) is 0 Å². The van der Waals surface area contributed by atoms with Crippen molar-refractivity contribution in [3.8, 4) is 0 Å². The summed E-state index contributed by atoms with van der Waals surface area (Å²) < 4.78 is 24.8. The smallest absolute Gasteiger partial charge is 0.236 e. The fraction of sp³-hybridized carbons (Fsp3) is 0.500. The molecule has 68 valence electrons. The summed E-state index contributed by atoms with van der Waals surface area (Å²) in [6.45, 7) is 3.22. The summed E-state index contributed by atoms with van der Waals surface area (Å²) in [6.07, 6.45) is 1.48. The largest absolute Gasteiger partial charge is 0.268 e. The van der Waals surface area contributed by atoms with E-state index in [1.807, 2.05) is 0 Å². The van der Waals surface area contributed by atoms with E-state index in [0.29, 0.717) is 5.82 Å². The molecule has 0 unspecified atom stereocenters. The molecule has 12 heavy (non-hydrogen) atoms. The Hall–Kier alpha value is -1.04. The summed E-state index contributed by atoms with van der Waals surface area (Å²) in [5, 5.41) is 5.68. The maximum absolute atomic E-state index is 11.2. The van der Waals surface area contributed by atoms with E-state index in [2.05, 4.69) is 14.9 Å². The van der Waals surface area contributed by atoms with E-state index in [9.17, 15) is 8.42 Å². The van der Waals surface area contributed by atoms with Crippen LogP contribution in [0, 0.1) is 0 Å². The Balaban J connectivity index is 2.77. The van der Waals surface area contributed by atoms with E-state index >= 15 is 0 Å². The normalized spacial score (nSPS) is 11.9. The summed E-state index contributed by atoms with van der Waals surface area (Å²) in [5.41, 5.74) is 0. The summed E-state index contributed by atoms with van der Waals surface area (Å²) in [5.74, 6) is 0.392. The molecule has 0 bridgehead atoms. The fourth-order valence-electron chi connectivity index (χ4n) is 0.584. The first-order valence-corrected chi connectivity index (χ1v) is 5.08. The first-order valence-electron chi connectivity index (χ1n) is 3.53. The van der Waals surface area contributed by atoms with Crippen LogP contribution < -0.4 is 4.72 Å². The molecule has 0 aromatic carbocycles. The maximum atomic E-state index is 11.2. The first-order chi connectivity index (χ1) is 5.52. The second-order valence-corrected chi connectivity index (χ2v) is 4.90. The highest BCUT2D eigenvalue weighted by molar-refractivity contribution is 7.93. The van der Waals surface area contributed by atoms with Crippen LogP contribution in [0.4, 0.5) is 5.82 Å². The van der Waals surface area contributed by atoms with Crippen molar-refractivity contribution < 1.29 is 8.42 Å². The lowest BCUT2D eigenvalue weighted by molar-refractivity contribution is 0.592. The van der Waals surface area contributed by atoms with Crippen molar-refractivity contribution in [1.29, 1.82) is 0 Å². The molecule has 0 fully saturated rings. The maximum Gasteiger partial charge on any atom is 0.236 e. The lowest BCUT2D eigenvalue weighted by atomic mass is 10.6. The molecule has 6 heteroatoms. The Morgan fingerprint density at radius 2 is 2.25 bits per heavy atom. The highest BCUT2D eigenvalue weighted by Gasteiger charge is 2.15.